The lowest BCUT2D eigenvalue weighted by Crippen LogP contribution is -2.57. The molecular weight excluding hydrogens is 406 g/mol. The number of methoxy groups -OCH3 is 1. The number of nitrogens with one attached hydrogen (secondary N) is 2. The summed E-state index contributed by atoms with van der Waals surface area (Å²) in [4.78, 5) is 39.7. The maximum absolute atomic E-state index is 13.4. The van der Waals surface area contributed by atoms with E-state index in [1.807, 2.05) is 36.4 Å². The highest BCUT2D eigenvalue weighted by Crippen LogP contribution is 2.35. The molecule has 1 aliphatic rings. The molecule has 0 saturated carbocycles. The minimum absolute atomic E-state index is 0.290. The molecule has 4 rings (SSSR count). The molecule has 7 nitrogen and oxygen atoms in total. The van der Waals surface area contributed by atoms with Gasteiger partial charge in [-0.15, -0.1) is 0 Å². The summed E-state index contributed by atoms with van der Waals surface area (Å²) in [6.07, 6.45) is 0.373. The van der Waals surface area contributed by atoms with Crippen molar-refractivity contribution in [3.8, 4) is 5.75 Å². The molecule has 0 spiro atoms. The van der Waals surface area contributed by atoms with Gasteiger partial charge in [0, 0.05) is 24.7 Å². The van der Waals surface area contributed by atoms with E-state index in [4.69, 9.17) is 4.74 Å². The lowest BCUT2D eigenvalue weighted by Gasteiger charge is -2.38. The number of carbonyl (C=O) groups is 3. The smallest absolute Gasteiger partial charge is 0.250 e. The Kier molecular flexibility index (Phi) is 5.81. The number of carbonyl (C=O) groups excluding carboxylic acids is 3. The second kappa shape index (κ2) is 8.70. The van der Waals surface area contributed by atoms with Crippen LogP contribution in [0.25, 0.3) is 10.8 Å². The number of hydrogen-bond acceptors (Lipinski definition) is 4. The summed E-state index contributed by atoms with van der Waals surface area (Å²) in [5.74, 6) is -0.241. The summed E-state index contributed by atoms with van der Waals surface area (Å²) in [6, 6.07) is 17.2. The van der Waals surface area contributed by atoms with Gasteiger partial charge >= 0.3 is 0 Å². The molecule has 0 unspecified atom stereocenters. The normalized spacial score (nSPS) is 16.3. The number of rotatable bonds is 5. The number of hydrogen-bond donors (Lipinski definition) is 2. The van der Waals surface area contributed by atoms with Crippen LogP contribution in [0.5, 0.6) is 5.75 Å². The third-order valence-corrected chi connectivity index (χ3v) is 5.72. The lowest BCUT2D eigenvalue weighted by molar-refractivity contribution is -0.128. The number of ether oxygens (including phenoxy) is 1. The average molecular weight is 431 g/mol. The third-order valence-electron chi connectivity index (χ3n) is 5.72. The molecule has 0 bridgehead atoms. The Morgan fingerprint density at radius 3 is 2.47 bits per heavy atom. The fourth-order valence-corrected chi connectivity index (χ4v) is 4.14. The molecule has 0 fully saturated rings. The van der Waals surface area contributed by atoms with Gasteiger partial charge in [-0.2, -0.15) is 0 Å². The van der Waals surface area contributed by atoms with Gasteiger partial charge < -0.3 is 15.4 Å². The summed E-state index contributed by atoms with van der Waals surface area (Å²) >= 11 is 0. The van der Waals surface area contributed by atoms with E-state index < -0.39 is 12.1 Å². The van der Waals surface area contributed by atoms with E-state index in [1.54, 1.807) is 38.3 Å². The van der Waals surface area contributed by atoms with Crippen molar-refractivity contribution in [3.63, 3.8) is 0 Å². The maximum Gasteiger partial charge on any atom is 0.250 e. The van der Waals surface area contributed by atoms with Crippen molar-refractivity contribution >= 4 is 39.9 Å². The summed E-state index contributed by atoms with van der Waals surface area (Å²) in [6.45, 7) is 3.07. The highest BCUT2D eigenvalue weighted by atomic mass is 16.5. The van der Waals surface area contributed by atoms with Gasteiger partial charge in [0.2, 0.25) is 11.8 Å². The van der Waals surface area contributed by atoms with Crippen molar-refractivity contribution < 1.29 is 19.1 Å². The molecular formula is C25H25N3O4. The molecule has 164 valence electrons. The first-order valence-corrected chi connectivity index (χ1v) is 10.4. The molecule has 0 aliphatic carbocycles. The Morgan fingerprint density at radius 1 is 1.06 bits per heavy atom. The number of fused-ring (bicyclic) bond motifs is 3. The van der Waals surface area contributed by atoms with Crippen LogP contribution in [-0.4, -0.2) is 36.9 Å². The van der Waals surface area contributed by atoms with E-state index in [9.17, 15) is 14.4 Å². The van der Waals surface area contributed by atoms with Crippen LogP contribution in [0.3, 0.4) is 0 Å². The Bertz CT molecular complexity index is 1190. The van der Waals surface area contributed by atoms with Crippen LogP contribution >= 0.6 is 0 Å². The third kappa shape index (κ3) is 4.01. The molecule has 3 aromatic rings. The maximum atomic E-state index is 13.4. The molecule has 0 aromatic heterocycles. The van der Waals surface area contributed by atoms with Crippen molar-refractivity contribution in [3.05, 3.63) is 66.2 Å². The van der Waals surface area contributed by atoms with Crippen LogP contribution in [0.15, 0.2) is 60.7 Å². The van der Waals surface area contributed by atoms with Crippen LogP contribution in [0, 0.1) is 0 Å². The van der Waals surface area contributed by atoms with Gasteiger partial charge in [0.15, 0.2) is 0 Å². The number of amides is 3. The highest BCUT2D eigenvalue weighted by Gasteiger charge is 2.38. The predicted molar refractivity (Wildman–Crippen MR) is 124 cm³/mol. The van der Waals surface area contributed by atoms with Gasteiger partial charge in [0.1, 0.15) is 17.8 Å². The van der Waals surface area contributed by atoms with Gasteiger partial charge in [-0.3, -0.25) is 19.3 Å². The topological polar surface area (TPSA) is 87.7 Å². The summed E-state index contributed by atoms with van der Waals surface area (Å²) < 4.78 is 5.15. The van der Waals surface area contributed by atoms with Crippen LogP contribution in [0.2, 0.25) is 0 Å². The fourth-order valence-electron chi connectivity index (χ4n) is 4.14. The van der Waals surface area contributed by atoms with Gasteiger partial charge in [-0.05, 0) is 53.6 Å². The van der Waals surface area contributed by atoms with E-state index in [1.165, 1.54) is 11.8 Å². The zero-order chi connectivity index (χ0) is 22.8. The molecule has 7 heteroatoms. The van der Waals surface area contributed by atoms with Gasteiger partial charge in [0.05, 0.1) is 7.11 Å². The zero-order valence-corrected chi connectivity index (χ0v) is 18.2. The SMILES string of the molecule is COc1ccc(NC(=O)[C@H](C)N2C(=O)[C@@H](NC(C)=O)Cc3c2ccc2ccccc32)cc1. The number of nitrogens with zero attached hydrogens (tertiary/aromatic N) is 1. The Morgan fingerprint density at radius 2 is 1.78 bits per heavy atom. The van der Waals surface area contributed by atoms with Crippen LogP contribution in [-0.2, 0) is 20.8 Å². The van der Waals surface area contributed by atoms with Crippen LogP contribution in [0.4, 0.5) is 11.4 Å². The van der Waals surface area contributed by atoms with E-state index >= 15 is 0 Å². The van der Waals surface area contributed by atoms with Gasteiger partial charge in [0.25, 0.3) is 5.91 Å². The molecule has 0 saturated heterocycles. The van der Waals surface area contributed by atoms with Crippen LogP contribution < -0.4 is 20.3 Å². The standard InChI is InChI=1S/C25H25N3O4/c1-15(24(30)27-18-9-11-19(32-3)12-10-18)28-23-13-8-17-6-4-5-7-20(17)21(23)14-22(25(28)31)26-16(2)29/h4-13,15,22H,14H2,1-3H3,(H,26,29)(H,27,30)/t15-,22-/m0/s1. The highest BCUT2D eigenvalue weighted by molar-refractivity contribution is 6.10. The van der Waals surface area contributed by atoms with Crippen molar-refractivity contribution in [2.24, 2.45) is 0 Å². The van der Waals surface area contributed by atoms with Crippen LogP contribution in [0.1, 0.15) is 19.4 Å². The predicted octanol–water partition coefficient (Wildman–Crippen LogP) is 3.27. The van der Waals surface area contributed by atoms with Crippen molar-refractivity contribution in [1.29, 1.82) is 0 Å². The Labute approximate surface area is 186 Å². The monoisotopic (exact) mass is 431 g/mol. The zero-order valence-electron chi connectivity index (χ0n) is 18.2. The van der Waals surface area contributed by atoms with E-state index in [2.05, 4.69) is 10.6 Å². The van der Waals surface area contributed by atoms with Crippen molar-refractivity contribution in [2.45, 2.75) is 32.4 Å². The quantitative estimate of drug-likeness (QED) is 0.649. The summed E-state index contributed by atoms with van der Waals surface area (Å²) in [5.41, 5.74) is 2.22. The Balaban J connectivity index is 1.70. The molecule has 3 aromatic carbocycles. The first kappa shape index (κ1) is 21.4. The number of benzene rings is 3. The van der Waals surface area contributed by atoms with Gasteiger partial charge in [-0.1, -0.05) is 30.3 Å². The molecule has 3 amide bonds. The minimum atomic E-state index is -0.791. The molecule has 2 N–H and O–H groups in total. The average Bonchev–Trinajstić information content (AvgIpc) is 2.79. The van der Waals surface area contributed by atoms with E-state index in [-0.39, 0.29) is 17.7 Å². The fraction of sp³-hybridized carbons (Fsp3) is 0.240. The van der Waals surface area contributed by atoms with E-state index in [0.29, 0.717) is 23.5 Å². The summed E-state index contributed by atoms with van der Waals surface area (Å²) in [7, 11) is 1.57. The van der Waals surface area contributed by atoms with Crippen molar-refractivity contribution in [1.82, 2.24) is 5.32 Å². The first-order chi connectivity index (χ1) is 15.4. The molecule has 1 heterocycles. The second-order valence-corrected chi connectivity index (χ2v) is 7.84. The van der Waals surface area contributed by atoms with E-state index in [0.717, 1.165) is 16.3 Å². The molecule has 0 radical (unpaired) electrons. The largest absolute Gasteiger partial charge is 0.497 e. The second-order valence-electron chi connectivity index (χ2n) is 7.84. The Hall–Kier alpha value is -3.87. The minimum Gasteiger partial charge on any atom is -0.497 e. The molecule has 1 aliphatic heterocycles. The number of anilines is 2. The summed E-state index contributed by atoms with van der Waals surface area (Å²) in [5, 5.41) is 7.65. The molecule has 2 atom stereocenters. The molecule has 32 heavy (non-hydrogen) atoms. The van der Waals surface area contributed by atoms with Crippen molar-refractivity contribution in [2.75, 3.05) is 17.3 Å². The van der Waals surface area contributed by atoms with Gasteiger partial charge in [-0.25, -0.2) is 0 Å². The first-order valence-electron chi connectivity index (χ1n) is 10.4. The lowest BCUT2D eigenvalue weighted by atomic mass is 9.91.